The Morgan fingerprint density at radius 2 is 2.00 bits per heavy atom. The molecular weight excluding hydrogens is 348 g/mol. The first-order valence-corrected chi connectivity index (χ1v) is 8.39. The van der Waals surface area contributed by atoms with Gasteiger partial charge in [-0.05, 0) is 36.4 Å². The quantitative estimate of drug-likeness (QED) is 0.782. The molecule has 1 saturated heterocycles. The average Bonchev–Trinajstić information content (AvgIpc) is 3.04. The lowest BCUT2D eigenvalue weighted by Crippen LogP contribution is -2.34. The molecule has 1 N–H and O–H groups in total. The number of likely N-dealkylation sites (N-methyl/N-ethyl adjacent to an activating group) is 1. The molecule has 1 aliphatic heterocycles. The molecule has 27 heavy (non-hydrogen) atoms. The highest BCUT2D eigenvalue weighted by molar-refractivity contribution is 6.12. The number of imide groups is 1. The van der Waals surface area contributed by atoms with E-state index in [0.717, 1.165) is 5.69 Å². The van der Waals surface area contributed by atoms with Crippen molar-refractivity contribution in [3.05, 3.63) is 59.9 Å². The monoisotopic (exact) mass is 368 g/mol. The predicted molar refractivity (Wildman–Crippen MR) is 98.3 cm³/mol. The standard InChI is InChI=1S/C19H20N4O4/c1-22(16(12-27-2)15-5-3-4-10-20-15)18(25)13-6-8-14(9-7-13)23-11-17(24)21-19(23)26/h3-10,16H,11-12H2,1-2H3,(H,21,24,26)/t16-/m1/s1. The van der Waals surface area contributed by atoms with Crippen molar-refractivity contribution >= 4 is 23.5 Å². The number of anilines is 1. The molecule has 1 fully saturated rings. The van der Waals surface area contributed by atoms with E-state index >= 15 is 0 Å². The Labute approximate surface area is 156 Å². The highest BCUT2D eigenvalue weighted by atomic mass is 16.5. The van der Waals surface area contributed by atoms with Gasteiger partial charge in [0.2, 0.25) is 5.91 Å². The molecule has 0 aliphatic carbocycles. The largest absolute Gasteiger partial charge is 0.382 e. The number of pyridine rings is 1. The first-order chi connectivity index (χ1) is 13.0. The van der Waals surface area contributed by atoms with E-state index in [1.54, 1.807) is 49.5 Å². The van der Waals surface area contributed by atoms with Crippen LogP contribution in [0.25, 0.3) is 0 Å². The number of ether oxygens (including phenoxy) is 1. The summed E-state index contributed by atoms with van der Waals surface area (Å²) in [4.78, 5) is 43.1. The summed E-state index contributed by atoms with van der Waals surface area (Å²) in [5.74, 6) is -0.547. The maximum atomic E-state index is 12.9. The van der Waals surface area contributed by atoms with Gasteiger partial charge in [-0.15, -0.1) is 0 Å². The molecule has 8 nitrogen and oxygen atoms in total. The van der Waals surface area contributed by atoms with Crippen LogP contribution < -0.4 is 10.2 Å². The Morgan fingerprint density at radius 3 is 2.56 bits per heavy atom. The van der Waals surface area contributed by atoms with E-state index in [1.807, 2.05) is 18.2 Å². The molecule has 140 valence electrons. The van der Waals surface area contributed by atoms with E-state index in [-0.39, 0.29) is 24.4 Å². The molecule has 1 aromatic heterocycles. The van der Waals surface area contributed by atoms with E-state index in [9.17, 15) is 14.4 Å². The number of carbonyl (C=O) groups excluding carboxylic acids is 3. The van der Waals surface area contributed by atoms with Crippen molar-refractivity contribution in [2.24, 2.45) is 0 Å². The minimum Gasteiger partial charge on any atom is -0.382 e. The van der Waals surface area contributed by atoms with Crippen molar-refractivity contribution in [2.75, 3.05) is 32.2 Å². The van der Waals surface area contributed by atoms with Gasteiger partial charge in [0.25, 0.3) is 5.91 Å². The van der Waals surface area contributed by atoms with Crippen LogP contribution in [0.5, 0.6) is 0 Å². The summed E-state index contributed by atoms with van der Waals surface area (Å²) in [5.41, 5.74) is 1.75. The fourth-order valence-corrected chi connectivity index (χ4v) is 2.91. The maximum Gasteiger partial charge on any atom is 0.329 e. The number of nitrogens with zero attached hydrogens (tertiary/aromatic N) is 3. The number of methoxy groups -OCH3 is 1. The van der Waals surface area contributed by atoms with Crippen molar-refractivity contribution in [1.29, 1.82) is 0 Å². The van der Waals surface area contributed by atoms with Crippen LogP contribution in [0.15, 0.2) is 48.7 Å². The van der Waals surface area contributed by atoms with E-state index < -0.39 is 6.03 Å². The summed E-state index contributed by atoms with van der Waals surface area (Å²) >= 11 is 0. The molecule has 3 rings (SSSR count). The van der Waals surface area contributed by atoms with Crippen LogP contribution in [0.4, 0.5) is 10.5 Å². The van der Waals surface area contributed by atoms with Crippen molar-refractivity contribution in [1.82, 2.24) is 15.2 Å². The van der Waals surface area contributed by atoms with Gasteiger partial charge in [0.1, 0.15) is 6.54 Å². The molecule has 4 amide bonds. The van der Waals surface area contributed by atoms with Crippen LogP contribution in [0.2, 0.25) is 0 Å². The molecule has 0 bridgehead atoms. The molecule has 0 unspecified atom stereocenters. The maximum absolute atomic E-state index is 12.9. The lowest BCUT2D eigenvalue weighted by atomic mass is 10.1. The molecule has 2 aromatic rings. The molecule has 1 aliphatic rings. The van der Waals surface area contributed by atoms with E-state index in [1.165, 1.54) is 4.90 Å². The molecule has 1 aromatic carbocycles. The summed E-state index contributed by atoms with van der Waals surface area (Å²) in [6.07, 6.45) is 1.67. The summed E-state index contributed by atoms with van der Waals surface area (Å²) in [5, 5.41) is 2.22. The number of nitrogens with one attached hydrogen (secondary N) is 1. The van der Waals surface area contributed by atoms with Crippen molar-refractivity contribution in [2.45, 2.75) is 6.04 Å². The molecule has 2 heterocycles. The highest BCUT2D eigenvalue weighted by Gasteiger charge is 2.28. The molecule has 0 spiro atoms. The third-order valence-electron chi connectivity index (χ3n) is 4.36. The summed E-state index contributed by atoms with van der Waals surface area (Å²) in [6, 6.07) is 11.3. The summed E-state index contributed by atoms with van der Waals surface area (Å²) in [6.45, 7) is 0.287. The fourth-order valence-electron chi connectivity index (χ4n) is 2.91. The molecule has 0 radical (unpaired) electrons. The highest BCUT2D eigenvalue weighted by Crippen LogP contribution is 2.22. The Morgan fingerprint density at radius 1 is 1.26 bits per heavy atom. The van der Waals surface area contributed by atoms with Gasteiger partial charge in [-0.2, -0.15) is 0 Å². The minimum absolute atomic E-state index is 0.0262. The number of hydrogen-bond acceptors (Lipinski definition) is 5. The molecule has 8 heteroatoms. The van der Waals surface area contributed by atoms with Crippen LogP contribution in [-0.2, 0) is 9.53 Å². The first-order valence-electron chi connectivity index (χ1n) is 8.39. The van der Waals surface area contributed by atoms with Crippen LogP contribution in [0, 0.1) is 0 Å². The SMILES string of the molecule is COC[C@H](c1ccccn1)N(C)C(=O)c1ccc(N2CC(=O)NC2=O)cc1. The number of carbonyl (C=O) groups is 3. The Bertz CT molecular complexity index is 839. The number of aromatic nitrogens is 1. The van der Waals surface area contributed by atoms with E-state index in [0.29, 0.717) is 17.9 Å². The molecular formula is C19H20N4O4. The van der Waals surface area contributed by atoms with Crippen molar-refractivity contribution < 1.29 is 19.1 Å². The summed E-state index contributed by atoms with van der Waals surface area (Å²) in [7, 11) is 3.27. The Balaban J connectivity index is 1.78. The smallest absolute Gasteiger partial charge is 0.329 e. The van der Waals surface area contributed by atoms with Gasteiger partial charge in [0.15, 0.2) is 0 Å². The zero-order valence-electron chi connectivity index (χ0n) is 15.1. The number of rotatable bonds is 6. The Hall–Kier alpha value is -3.26. The number of urea groups is 1. The number of hydrogen-bond donors (Lipinski definition) is 1. The van der Waals surface area contributed by atoms with Gasteiger partial charge >= 0.3 is 6.03 Å². The van der Waals surface area contributed by atoms with Gasteiger partial charge < -0.3 is 9.64 Å². The topological polar surface area (TPSA) is 91.8 Å². The minimum atomic E-state index is -0.466. The zero-order valence-corrected chi connectivity index (χ0v) is 15.1. The van der Waals surface area contributed by atoms with E-state index in [2.05, 4.69) is 10.3 Å². The first kappa shape index (κ1) is 18.5. The fraction of sp³-hybridized carbons (Fsp3) is 0.263. The number of benzene rings is 1. The van der Waals surface area contributed by atoms with E-state index in [4.69, 9.17) is 4.74 Å². The van der Waals surface area contributed by atoms with Gasteiger partial charge in [0.05, 0.1) is 18.3 Å². The van der Waals surface area contributed by atoms with Gasteiger partial charge in [-0.1, -0.05) is 6.07 Å². The zero-order chi connectivity index (χ0) is 19.4. The predicted octanol–water partition coefficient (Wildman–Crippen LogP) is 1.60. The third kappa shape index (κ3) is 3.95. The van der Waals surface area contributed by atoms with Crippen molar-refractivity contribution in [3.8, 4) is 0 Å². The normalized spacial score (nSPS) is 14.8. The number of amides is 4. The van der Waals surface area contributed by atoms with Crippen LogP contribution in [-0.4, -0.2) is 55.0 Å². The molecule has 0 saturated carbocycles. The van der Waals surface area contributed by atoms with Crippen molar-refractivity contribution in [3.63, 3.8) is 0 Å². The third-order valence-corrected chi connectivity index (χ3v) is 4.36. The Kier molecular flexibility index (Phi) is 5.46. The van der Waals surface area contributed by atoms with Gasteiger partial charge in [-0.3, -0.25) is 24.8 Å². The van der Waals surface area contributed by atoms with Gasteiger partial charge in [-0.25, -0.2) is 4.79 Å². The average molecular weight is 368 g/mol. The van der Waals surface area contributed by atoms with Crippen LogP contribution in [0.1, 0.15) is 22.1 Å². The molecule has 1 atom stereocenters. The second-order valence-corrected chi connectivity index (χ2v) is 6.13. The lowest BCUT2D eigenvalue weighted by molar-refractivity contribution is -0.117. The van der Waals surface area contributed by atoms with Crippen LogP contribution >= 0.6 is 0 Å². The second kappa shape index (κ2) is 7.96. The van der Waals surface area contributed by atoms with Crippen LogP contribution in [0.3, 0.4) is 0 Å². The summed E-state index contributed by atoms with van der Waals surface area (Å²) < 4.78 is 5.26. The van der Waals surface area contributed by atoms with Gasteiger partial charge in [0, 0.05) is 31.6 Å². The lowest BCUT2D eigenvalue weighted by Gasteiger charge is -2.27. The second-order valence-electron chi connectivity index (χ2n) is 6.13.